The second kappa shape index (κ2) is 9.40. The number of rotatable bonds is 4. The van der Waals surface area contributed by atoms with Crippen molar-refractivity contribution >= 4 is 17.6 Å². The third kappa shape index (κ3) is 4.73. The highest BCUT2D eigenvalue weighted by atomic mass is 19.1. The van der Waals surface area contributed by atoms with Crippen LogP contribution in [0, 0.1) is 5.82 Å². The molecule has 34 heavy (non-hydrogen) atoms. The monoisotopic (exact) mass is 467 g/mol. The highest BCUT2D eigenvalue weighted by Crippen LogP contribution is 2.26. The van der Waals surface area contributed by atoms with Gasteiger partial charge < -0.3 is 14.5 Å². The van der Waals surface area contributed by atoms with Gasteiger partial charge in [0.25, 0.3) is 5.91 Å². The molecule has 1 aliphatic heterocycles. The van der Waals surface area contributed by atoms with Crippen molar-refractivity contribution in [2.45, 2.75) is 52.7 Å². The first kappa shape index (κ1) is 23.7. The third-order valence-electron chi connectivity index (χ3n) is 5.92. The molecule has 0 spiro atoms. The van der Waals surface area contributed by atoms with E-state index in [2.05, 4.69) is 23.9 Å². The number of imidazole rings is 1. The van der Waals surface area contributed by atoms with E-state index < -0.39 is 0 Å². The van der Waals surface area contributed by atoms with Crippen LogP contribution >= 0.6 is 0 Å². The maximum atomic E-state index is 13.4. The molecule has 4 rings (SSSR count). The van der Waals surface area contributed by atoms with Crippen LogP contribution in [-0.4, -0.2) is 68.2 Å². The molecule has 3 aromatic rings. The summed E-state index contributed by atoms with van der Waals surface area (Å²) in [6.07, 6.45) is 1.09. The fourth-order valence-corrected chi connectivity index (χ4v) is 4.14. The van der Waals surface area contributed by atoms with Crippen molar-refractivity contribution in [1.82, 2.24) is 24.4 Å². The Morgan fingerprint density at radius 2 is 1.82 bits per heavy atom. The number of nitrogens with zero attached hydrogens (tertiary/aromatic N) is 5. The molecule has 9 heteroatoms. The van der Waals surface area contributed by atoms with Gasteiger partial charge in [-0.2, -0.15) is 5.10 Å². The summed E-state index contributed by atoms with van der Waals surface area (Å²) in [6, 6.07) is 7.93. The highest BCUT2D eigenvalue weighted by Gasteiger charge is 2.32. The molecule has 1 unspecified atom stereocenters. The van der Waals surface area contributed by atoms with Crippen LogP contribution in [0.3, 0.4) is 0 Å². The highest BCUT2D eigenvalue weighted by molar-refractivity contribution is 5.93. The molecule has 1 fully saturated rings. The van der Waals surface area contributed by atoms with Gasteiger partial charge >= 0.3 is 6.09 Å². The van der Waals surface area contributed by atoms with Crippen LogP contribution in [0.1, 0.15) is 56.6 Å². The van der Waals surface area contributed by atoms with Crippen molar-refractivity contribution in [1.29, 1.82) is 0 Å². The maximum absolute atomic E-state index is 13.4. The van der Waals surface area contributed by atoms with Gasteiger partial charge in [-0.3, -0.25) is 4.79 Å². The first-order valence-corrected chi connectivity index (χ1v) is 11.6. The molecule has 0 radical (unpaired) electrons. The fraction of sp³-hybridized carbons (Fsp3) is 0.440. The van der Waals surface area contributed by atoms with Crippen molar-refractivity contribution < 1.29 is 18.7 Å². The summed E-state index contributed by atoms with van der Waals surface area (Å²) in [5, 5.41) is 4.64. The van der Waals surface area contributed by atoms with Crippen LogP contribution in [0.5, 0.6) is 0 Å². The normalized spacial score (nSPS) is 16.5. The lowest BCUT2D eigenvalue weighted by molar-refractivity contribution is 0.0316. The molecule has 2 amide bonds. The maximum Gasteiger partial charge on any atom is 0.410 e. The second-order valence-corrected chi connectivity index (χ2v) is 9.27. The second-order valence-electron chi connectivity index (χ2n) is 9.27. The molecule has 1 saturated heterocycles. The topological polar surface area (TPSA) is 80.0 Å². The number of halogens is 1. The average molecular weight is 468 g/mol. The molecule has 0 aliphatic carbocycles. The van der Waals surface area contributed by atoms with Crippen molar-refractivity contribution in [2.24, 2.45) is 0 Å². The summed E-state index contributed by atoms with van der Waals surface area (Å²) in [5.74, 6) is -0.367. The molecular formula is C25H30FN5O3. The quantitative estimate of drug-likeness (QED) is 0.570. The molecule has 0 bridgehead atoms. The minimum absolute atomic E-state index is 0.144. The van der Waals surface area contributed by atoms with Gasteiger partial charge in [0.1, 0.15) is 11.5 Å². The van der Waals surface area contributed by atoms with Crippen LogP contribution in [0.4, 0.5) is 9.18 Å². The van der Waals surface area contributed by atoms with Gasteiger partial charge in [0.15, 0.2) is 5.65 Å². The van der Waals surface area contributed by atoms with E-state index in [0.29, 0.717) is 36.7 Å². The molecule has 180 valence electrons. The van der Waals surface area contributed by atoms with E-state index in [0.717, 1.165) is 11.1 Å². The van der Waals surface area contributed by atoms with E-state index in [4.69, 9.17) is 4.74 Å². The molecule has 2 aromatic heterocycles. The summed E-state index contributed by atoms with van der Waals surface area (Å²) >= 11 is 0. The smallest absolute Gasteiger partial charge is 0.410 e. The zero-order chi connectivity index (χ0) is 24.6. The van der Waals surface area contributed by atoms with Crippen LogP contribution in [0.2, 0.25) is 0 Å². The van der Waals surface area contributed by atoms with E-state index in [9.17, 15) is 14.0 Å². The fourth-order valence-electron chi connectivity index (χ4n) is 4.14. The van der Waals surface area contributed by atoms with Crippen molar-refractivity contribution in [3.05, 3.63) is 53.6 Å². The van der Waals surface area contributed by atoms with Crippen molar-refractivity contribution in [2.75, 3.05) is 19.6 Å². The van der Waals surface area contributed by atoms with E-state index >= 15 is 0 Å². The van der Waals surface area contributed by atoms with Gasteiger partial charge in [0.05, 0.1) is 18.0 Å². The predicted octanol–water partition coefficient (Wildman–Crippen LogP) is 4.35. The van der Waals surface area contributed by atoms with Crippen molar-refractivity contribution in [3.8, 4) is 11.3 Å². The minimum atomic E-state index is -0.360. The number of carbonyl (C=O) groups is 2. The Bertz CT molecular complexity index is 1210. The third-order valence-corrected chi connectivity index (χ3v) is 5.92. The zero-order valence-electron chi connectivity index (χ0n) is 20.2. The Morgan fingerprint density at radius 3 is 2.44 bits per heavy atom. The summed E-state index contributed by atoms with van der Waals surface area (Å²) in [4.78, 5) is 33.6. The zero-order valence-corrected chi connectivity index (χ0v) is 20.2. The minimum Gasteiger partial charge on any atom is -0.447 e. The summed E-state index contributed by atoms with van der Waals surface area (Å²) in [6.45, 7) is 10.8. The number of fused-ring (bicyclic) bond motifs is 1. The van der Waals surface area contributed by atoms with Gasteiger partial charge in [0.2, 0.25) is 0 Å². The standard InChI is InChI=1S/C25H30FN5O3/c1-15(2)20-12-21(18-6-8-19(26)9-7-18)28-31-14-22(27-23(20)31)24(32)29-10-11-30(17(5)13-29)25(33)34-16(3)4/h6-9,12,14-17H,10-11,13H2,1-5H3. The lowest BCUT2D eigenvalue weighted by Gasteiger charge is -2.39. The lowest BCUT2D eigenvalue weighted by Crippen LogP contribution is -2.55. The lowest BCUT2D eigenvalue weighted by atomic mass is 10.0. The molecule has 1 aromatic carbocycles. The van der Waals surface area contributed by atoms with E-state index in [1.807, 2.05) is 26.8 Å². The van der Waals surface area contributed by atoms with Crippen molar-refractivity contribution in [3.63, 3.8) is 0 Å². The number of ether oxygens (including phenoxy) is 1. The number of benzene rings is 1. The molecule has 8 nitrogen and oxygen atoms in total. The number of aromatic nitrogens is 3. The Hall–Kier alpha value is -3.49. The van der Waals surface area contributed by atoms with E-state index in [1.165, 1.54) is 12.1 Å². The largest absolute Gasteiger partial charge is 0.447 e. The first-order valence-electron chi connectivity index (χ1n) is 11.6. The average Bonchev–Trinajstić information content (AvgIpc) is 3.21. The van der Waals surface area contributed by atoms with Gasteiger partial charge in [-0.1, -0.05) is 13.8 Å². The van der Waals surface area contributed by atoms with Gasteiger partial charge in [-0.15, -0.1) is 0 Å². The number of amides is 2. The molecule has 1 aliphatic rings. The Morgan fingerprint density at radius 1 is 1.12 bits per heavy atom. The van der Waals surface area contributed by atoms with Crippen LogP contribution in [0.25, 0.3) is 16.9 Å². The van der Waals surface area contributed by atoms with Crippen LogP contribution in [-0.2, 0) is 4.74 Å². The first-order chi connectivity index (χ1) is 16.1. The predicted molar refractivity (Wildman–Crippen MR) is 126 cm³/mol. The number of piperazine rings is 1. The Kier molecular flexibility index (Phi) is 6.54. The van der Waals surface area contributed by atoms with Gasteiger partial charge in [0, 0.05) is 36.8 Å². The van der Waals surface area contributed by atoms with Gasteiger partial charge in [-0.25, -0.2) is 18.7 Å². The van der Waals surface area contributed by atoms with Crippen LogP contribution in [0.15, 0.2) is 36.5 Å². The molecule has 1 atom stereocenters. The Labute approximate surface area is 198 Å². The van der Waals surface area contributed by atoms with E-state index in [1.54, 1.807) is 32.6 Å². The molecule has 0 saturated carbocycles. The molecular weight excluding hydrogens is 437 g/mol. The van der Waals surface area contributed by atoms with Gasteiger partial charge in [-0.05, 0) is 57.0 Å². The van der Waals surface area contributed by atoms with E-state index in [-0.39, 0.29) is 35.9 Å². The van der Waals surface area contributed by atoms with Crippen LogP contribution < -0.4 is 0 Å². The summed E-state index contributed by atoms with van der Waals surface area (Å²) in [7, 11) is 0. The number of hydrogen-bond donors (Lipinski definition) is 0. The Balaban J connectivity index is 1.60. The number of carbonyl (C=O) groups excluding carboxylic acids is 2. The summed E-state index contributed by atoms with van der Waals surface area (Å²) in [5.41, 5.74) is 3.33. The molecule has 0 N–H and O–H groups in total. The number of hydrogen-bond acceptors (Lipinski definition) is 5. The molecule has 3 heterocycles. The SMILES string of the molecule is CC(C)OC(=O)N1CCN(C(=O)c2cn3nc(-c4ccc(F)cc4)cc(C(C)C)c3n2)CC1C. The summed E-state index contributed by atoms with van der Waals surface area (Å²) < 4.78 is 20.3.